The van der Waals surface area contributed by atoms with Gasteiger partial charge in [-0.2, -0.15) is 0 Å². The van der Waals surface area contributed by atoms with Crippen molar-refractivity contribution in [3.8, 4) is 0 Å². The van der Waals surface area contributed by atoms with Gasteiger partial charge in [0.25, 0.3) is 0 Å². The minimum absolute atomic E-state index is 0.0646. The van der Waals surface area contributed by atoms with Crippen LogP contribution in [0.15, 0.2) is 0 Å². The van der Waals surface area contributed by atoms with E-state index >= 15 is 0 Å². The Kier molecular flexibility index (Phi) is 47.1. The van der Waals surface area contributed by atoms with Crippen molar-refractivity contribution in [1.29, 1.82) is 0 Å². The normalized spacial score (nSPS) is 12.1. The summed E-state index contributed by atoms with van der Waals surface area (Å²) in [7, 11) is 0. The van der Waals surface area contributed by atoms with Gasteiger partial charge in [0.1, 0.15) is 13.2 Å². The lowest BCUT2D eigenvalue weighted by Gasteiger charge is -2.18. The average molecular weight is 892 g/mol. The van der Waals surface area contributed by atoms with Crippen LogP contribution in [0.5, 0.6) is 0 Å². The lowest BCUT2D eigenvalue weighted by molar-refractivity contribution is -0.167. The van der Waals surface area contributed by atoms with Crippen LogP contribution < -0.4 is 0 Å². The van der Waals surface area contributed by atoms with Gasteiger partial charge in [-0.1, -0.05) is 273 Å². The summed E-state index contributed by atoms with van der Waals surface area (Å²) in [5, 5.41) is 0. The molecule has 1 atom stereocenters. The van der Waals surface area contributed by atoms with Gasteiger partial charge in [-0.3, -0.25) is 14.4 Å². The lowest BCUT2D eigenvalue weighted by atomic mass is 10.0. The number of hydrogen-bond donors (Lipinski definition) is 0. The number of carbonyl (C=O) groups is 3. The molecule has 0 amide bonds. The lowest BCUT2D eigenvalue weighted by Crippen LogP contribution is -2.30. The van der Waals surface area contributed by atoms with Crippen molar-refractivity contribution in [3.63, 3.8) is 0 Å². The molecular formula is C57H110O6. The predicted octanol–water partition coefficient (Wildman–Crippen LogP) is 18.3. The number of rotatable bonds is 50. The van der Waals surface area contributed by atoms with Crippen LogP contribution in [0.2, 0.25) is 0 Å². The second kappa shape index (κ2) is 48.3. The topological polar surface area (TPSA) is 78.9 Å². The third-order valence-corrected chi connectivity index (χ3v) is 12.9. The summed E-state index contributed by atoms with van der Waals surface area (Å²) in [5.41, 5.74) is 0. The zero-order chi connectivity index (χ0) is 46.3. The van der Waals surface area contributed by atoms with Gasteiger partial charge in [-0.25, -0.2) is 0 Å². The van der Waals surface area contributed by atoms with Crippen molar-refractivity contribution in [2.75, 3.05) is 13.2 Å². The average Bonchev–Trinajstić information content (AvgIpc) is 3.24. The molecule has 0 rings (SSSR count). The molecule has 0 aromatic heterocycles. The quantitative estimate of drug-likeness (QED) is 0.0344. The minimum atomic E-state index is -0.763. The van der Waals surface area contributed by atoms with Crippen molar-refractivity contribution in [1.82, 2.24) is 0 Å². The molecule has 374 valence electrons. The Balaban J connectivity index is 4.23. The summed E-state index contributed by atoms with van der Waals surface area (Å²) in [6.45, 7) is 13.7. The fourth-order valence-corrected chi connectivity index (χ4v) is 8.65. The van der Waals surface area contributed by atoms with Gasteiger partial charge in [0.15, 0.2) is 6.10 Å². The van der Waals surface area contributed by atoms with Crippen LogP contribution in [0.4, 0.5) is 0 Å². The Morgan fingerprint density at radius 1 is 0.270 bits per heavy atom. The Morgan fingerprint density at radius 3 is 0.683 bits per heavy atom. The summed E-state index contributed by atoms with van der Waals surface area (Å²) in [6.07, 6.45) is 49.7. The van der Waals surface area contributed by atoms with E-state index in [1.54, 1.807) is 0 Å². The Morgan fingerprint density at radius 2 is 0.460 bits per heavy atom. The van der Waals surface area contributed by atoms with Gasteiger partial charge in [0.2, 0.25) is 0 Å². The summed E-state index contributed by atoms with van der Waals surface area (Å²) >= 11 is 0. The predicted molar refractivity (Wildman–Crippen MR) is 270 cm³/mol. The summed E-state index contributed by atoms with van der Waals surface area (Å²) in [6, 6.07) is 0. The molecule has 0 N–H and O–H groups in total. The molecule has 0 unspecified atom stereocenters. The first-order valence-electron chi connectivity index (χ1n) is 28.1. The third-order valence-electron chi connectivity index (χ3n) is 12.9. The van der Waals surface area contributed by atoms with Crippen LogP contribution in [-0.2, 0) is 28.6 Å². The van der Waals surface area contributed by atoms with Crippen molar-refractivity contribution >= 4 is 17.9 Å². The molecule has 0 radical (unpaired) electrons. The van der Waals surface area contributed by atoms with Crippen LogP contribution in [0.25, 0.3) is 0 Å². The third kappa shape index (κ3) is 51.3. The van der Waals surface area contributed by atoms with E-state index in [9.17, 15) is 14.4 Å². The van der Waals surface area contributed by atoms with E-state index in [0.717, 1.165) is 75.5 Å². The number of carbonyl (C=O) groups excluding carboxylic acids is 3. The van der Waals surface area contributed by atoms with E-state index in [1.165, 1.54) is 193 Å². The maximum atomic E-state index is 12.8. The number of hydrogen-bond acceptors (Lipinski definition) is 6. The van der Waals surface area contributed by atoms with E-state index in [1.807, 2.05) is 0 Å². The van der Waals surface area contributed by atoms with Gasteiger partial charge in [0.05, 0.1) is 0 Å². The molecule has 0 bridgehead atoms. The maximum Gasteiger partial charge on any atom is 0.306 e. The van der Waals surface area contributed by atoms with Gasteiger partial charge >= 0.3 is 17.9 Å². The van der Waals surface area contributed by atoms with Crippen molar-refractivity contribution in [2.24, 2.45) is 17.8 Å². The zero-order valence-electron chi connectivity index (χ0n) is 43.4. The van der Waals surface area contributed by atoms with Crippen LogP contribution in [0.3, 0.4) is 0 Å². The largest absolute Gasteiger partial charge is 0.462 e. The van der Waals surface area contributed by atoms with E-state index in [2.05, 4.69) is 41.5 Å². The molecule has 0 spiro atoms. The molecule has 0 aliphatic heterocycles. The van der Waals surface area contributed by atoms with Gasteiger partial charge in [-0.15, -0.1) is 0 Å². The van der Waals surface area contributed by atoms with Crippen LogP contribution in [0, 0.1) is 17.8 Å². The standard InChI is InChI=1S/C57H110O6/c1-51(2)43-37-31-25-20-16-13-11-9-7-8-10-12-14-18-23-29-36-42-48-57(60)63-54(50-62-56(59)47-41-35-30-24-27-33-39-45-53(5)6)49-61-55(58)46-40-34-28-22-19-15-17-21-26-32-38-44-52(3)4/h51-54H,7-50H2,1-6H3/t54-/m1/s1. The number of unbranched alkanes of at least 4 members (excludes halogenated alkanes) is 33. The highest BCUT2D eigenvalue weighted by Crippen LogP contribution is 2.18. The fourth-order valence-electron chi connectivity index (χ4n) is 8.65. The molecule has 0 aliphatic carbocycles. The number of ether oxygens (including phenoxy) is 3. The molecule has 0 aromatic carbocycles. The second-order valence-electron chi connectivity index (χ2n) is 21.0. The van der Waals surface area contributed by atoms with Crippen LogP contribution in [-0.4, -0.2) is 37.2 Å². The van der Waals surface area contributed by atoms with Crippen molar-refractivity contribution in [2.45, 2.75) is 317 Å². The maximum absolute atomic E-state index is 12.8. The van der Waals surface area contributed by atoms with Crippen LogP contribution >= 0.6 is 0 Å². The highest BCUT2D eigenvalue weighted by atomic mass is 16.6. The van der Waals surface area contributed by atoms with Crippen LogP contribution in [0.1, 0.15) is 311 Å². The smallest absolute Gasteiger partial charge is 0.306 e. The van der Waals surface area contributed by atoms with E-state index < -0.39 is 6.10 Å². The molecule has 0 heterocycles. The van der Waals surface area contributed by atoms with E-state index in [4.69, 9.17) is 14.2 Å². The first-order chi connectivity index (χ1) is 30.6. The zero-order valence-corrected chi connectivity index (χ0v) is 43.4. The highest BCUT2D eigenvalue weighted by molar-refractivity contribution is 5.71. The van der Waals surface area contributed by atoms with Gasteiger partial charge in [0, 0.05) is 19.3 Å². The van der Waals surface area contributed by atoms with Crippen molar-refractivity contribution in [3.05, 3.63) is 0 Å². The summed E-state index contributed by atoms with van der Waals surface area (Å²) in [4.78, 5) is 38.0. The molecule has 6 heteroatoms. The molecule has 6 nitrogen and oxygen atoms in total. The highest BCUT2D eigenvalue weighted by Gasteiger charge is 2.19. The first-order valence-corrected chi connectivity index (χ1v) is 28.1. The second-order valence-corrected chi connectivity index (χ2v) is 21.0. The SMILES string of the molecule is CC(C)CCCCCCCCCCCCCCCCCCCCC(=O)O[C@H](COC(=O)CCCCCCCCCCCCCC(C)C)COC(=O)CCCCCCCCCC(C)C. The Hall–Kier alpha value is -1.59. The van der Waals surface area contributed by atoms with E-state index in [0.29, 0.717) is 19.3 Å². The van der Waals surface area contributed by atoms with Crippen molar-refractivity contribution < 1.29 is 28.6 Å². The molecule has 63 heavy (non-hydrogen) atoms. The summed E-state index contributed by atoms with van der Waals surface area (Å²) in [5.74, 6) is 1.62. The minimum Gasteiger partial charge on any atom is -0.462 e. The molecule has 0 fully saturated rings. The Bertz CT molecular complexity index is 976. The molecule has 0 aromatic rings. The van der Waals surface area contributed by atoms with Gasteiger partial charge in [-0.05, 0) is 37.0 Å². The summed E-state index contributed by atoms with van der Waals surface area (Å²) < 4.78 is 16.8. The first kappa shape index (κ1) is 61.4. The Labute approximate surface area is 393 Å². The molecule has 0 saturated carbocycles. The monoisotopic (exact) mass is 891 g/mol. The molecule has 0 saturated heterocycles. The number of esters is 3. The molecule has 0 aliphatic rings. The van der Waals surface area contributed by atoms with E-state index in [-0.39, 0.29) is 31.1 Å². The fraction of sp³-hybridized carbons (Fsp3) is 0.947. The van der Waals surface area contributed by atoms with Gasteiger partial charge < -0.3 is 14.2 Å². The molecular weight excluding hydrogens is 781 g/mol.